The zero-order valence-electron chi connectivity index (χ0n) is 23.9. The highest BCUT2D eigenvalue weighted by atomic mass is 16.5. The van der Waals surface area contributed by atoms with Gasteiger partial charge in [0.2, 0.25) is 11.9 Å². The highest BCUT2D eigenvalue weighted by molar-refractivity contribution is 6.02. The van der Waals surface area contributed by atoms with Crippen LogP contribution in [0.25, 0.3) is 22.2 Å². The number of hydrogen-bond donors (Lipinski definition) is 2. The molecule has 0 spiro atoms. The van der Waals surface area contributed by atoms with Crippen molar-refractivity contribution in [2.24, 2.45) is 7.05 Å². The fourth-order valence-corrected chi connectivity index (χ4v) is 4.88. The van der Waals surface area contributed by atoms with E-state index in [0.29, 0.717) is 29.0 Å². The molecular formula is C31H37N7O2. The zero-order valence-corrected chi connectivity index (χ0v) is 23.9. The summed E-state index contributed by atoms with van der Waals surface area (Å²) in [7, 11) is 9.72. The fourth-order valence-electron chi connectivity index (χ4n) is 4.88. The Morgan fingerprint density at radius 3 is 2.65 bits per heavy atom. The standard InChI is InChI=1S/C31H37N7O2/c1-7-30(39)33-25-17-26(29(40-6)18-28(25)37(4)15-14-36(2)3)35-31-32-13-12-24(34-31)23-19-38(5)27-11-10-21(16-22(23)27)20-8-9-20/h7,10-13,16-20H,1,8-9,14-15H2,2-6H3,(H,33,39)(H,32,34,35). The molecule has 1 amide bonds. The van der Waals surface area contributed by atoms with E-state index in [1.54, 1.807) is 13.3 Å². The summed E-state index contributed by atoms with van der Waals surface area (Å²) in [5, 5.41) is 7.44. The van der Waals surface area contributed by atoms with E-state index in [-0.39, 0.29) is 5.91 Å². The number of amides is 1. The summed E-state index contributed by atoms with van der Waals surface area (Å²) in [6.45, 7) is 5.21. The fraction of sp³-hybridized carbons (Fsp3) is 0.323. The number of aromatic nitrogens is 3. The van der Waals surface area contributed by atoms with Crippen LogP contribution in [-0.2, 0) is 11.8 Å². The van der Waals surface area contributed by atoms with Crippen LogP contribution in [0.3, 0.4) is 0 Å². The SMILES string of the molecule is C=CC(=O)Nc1cc(Nc2nccc(-c3cn(C)c4ccc(C5CC5)cc34)n2)c(OC)cc1N(C)CCN(C)C. The summed E-state index contributed by atoms with van der Waals surface area (Å²) < 4.78 is 7.88. The number of benzene rings is 2. The van der Waals surface area contributed by atoms with Crippen molar-refractivity contribution in [3.63, 3.8) is 0 Å². The number of hydrogen-bond acceptors (Lipinski definition) is 7. The third-order valence-corrected chi connectivity index (χ3v) is 7.30. The number of carbonyl (C=O) groups excluding carboxylic acids is 1. The van der Waals surface area contributed by atoms with Gasteiger partial charge in [-0.3, -0.25) is 4.79 Å². The van der Waals surface area contributed by atoms with Crippen molar-refractivity contribution in [2.45, 2.75) is 18.8 Å². The molecule has 0 radical (unpaired) electrons. The van der Waals surface area contributed by atoms with Crippen molar-refractivity contribution in [3.8, 4) is 17.0 Å². The van der Waals surface area contributed by atoms with E-state index in [9.17, 15) is 4.79 Å². The lowest BCUT2D eigenvalue weighted by atomic mass is 10.0. The van der Waals surface area contributed by atoms with Gasteiger partial charge in [-0.05, 0) is 68.8 Å². The molecule has 208 valence electrons. The molecule has 0 bridgehead atoms. The van der Waals surface area contributed by atoms with Crippen LogP contribution >= 0.6 is 0 Å². The number of aryl methyl sites for hydroxylation is 1. The molecule has 0 unspecified atom stereocenters. The molecule has 1 aliphatic rings. The summed E-state index contributed by atoms with van der Waals surface area (Å²) in [6.07, 6.45) is 7.65. The topological polar surface area (TPSA) is 87.5 Å². The third-order valence-electron chi connectivity index (χ3n) is 7.30. The minimum absolute atomic E-state index is 0.293. The normalized spacial score (nSPS) is 12.9. The highest BCUT2D eigenvalue weighted by Gasteiger charge is 2.24. The minimum Gasteiger partial charge on any atom is -0.494 e. The predicted octanol–water partition coefficient (Wildman–Crippen LogP) is 5.39. The molecule has 2 aromatic carbocycles. The van der Waals surface area contributed by atoms with Crippen molar-refractivity contribution in [2.75, 3.05) is 56.9 Å². The van der Waals surface area contributed by atoms with Gasteiger partial charge in [0, 0.05) is 62.1 Å². The van der Waals surface area contributed by atoms with Gasteiger partial charge in [0.25, 0.3) is 0 Å². The minimum atomic E-state index is -0.293. The Bertz CT molecular complexity index is 1560. The number of ether oxygens (including phenoxy) is 1. The maximum Gasteiger partial charge on any atom is 0.247 e. The number of fused-ring (bicyclic) bond motifs is 1. The molecule has 4 aromatic rings. The molecule has 0 aliphatic heterocycles. The largest absolute Gasteiger partial charge is 0.494 e. The van der Waals surface area contributed by atoms with Gasteiger partial charge >= 0.3 is 0 Å². The van der Waals surface area contributed by atoms with Crippen LogP contribution in [-0.4, -0.2) is 66.7 Å². The Labute approximate surface area is 235 Å². The molecule has 0 atom stereocenters. The van der Waals surface area contributed by atoms with Crippen LogP contribution < -0.4 is 20.3 Å². The second kappa shape index (κ2) is 11.4. The average Bonchev–Trinajstić information content (AvgIpc) is 3.75. The van der Waals surface area contributed by atoms with Gasteiger partial charge in [-0.15, -0.1) is 0 Å². The Kier molecular flexibility index (Phi) is 7.75. The summed E-state index contributed by atoms with van der Waals surface area (Å²) >= 11 is 0. The Morgan fingerprint density at radius 2 is 1.95 bits per heavy atom. The van der Waals surface area contributed by atoms with Gasteiger partial charge in [0.05, 0.1) is 29.9 Å². The molecule has 1 saturated carbocycles. The van der Waals surface area contributed by atoms with Crippen LogP contribution in [0.4, 0.5) is 23.0 Å². The number of rotatable bonds is 11. The van der Waals surface area contributed by atoms with Gasteiger partial charge < -0.3 is 29.7 Å². The molecule has 2 heterocycles. The average molecular weight is 540 g/mol. The highest BCUT2D eigenvalue weighted by Crippen LogP contribution is 2.42. The van der Waals surface area contributed by atoms with Crippen molar-refractivity contribution in [1.82, 2.24) is 19.4 Å². The van der Waals surface area contributed by atoms with Gasteiger partial charge in [-0.2, -0.15) is 0 Å². The van der Waals surface area contributed by atoms with E-state index in [0.717, 1.165) is 30.0 Å². The van der Waals surface area contributed by atoms with E-state index in [1.807, 2.05) is 39.3 Å². The van der Waals surface area contributed by atoms with Gasteiger partial charge in [0.1, 0.15) is 5.75 Å². The molecule has 9 nitrogen and oxygen atoms in total. The number of nitrogens with zero attached hydrogens (tertiary/aromatic N) is 5. The first-order valence-electron chi connectivity index (χ1n) is 13.5. The van der Waals surface area contributed by atoms with Crippen LogP contribution in [0.5, 0.6) is 5.75 Å². The number of anilines is 4. The maximum absolute atomic E-state index is 12.3. The lowest BCUT2D eigenvalue weighted by Crippen LogP contribution is -2.29. The summed E-state index contributed by atoms with van der Waals surface area (Å²) in [5.41, 5.74) is 6.55. The van der Waals surface area contributed by atoms with E-state index >= 15 is 0 Å². The quantitative estimate of drug-likeness (QED) is 0.247. The molecule has 9 heteroatoms. The van der Waals surface area contributed by atoms with Crippen LogP contribution in [0.1, 0.15) is 24.3 Å². The van der Waals surface area contributed by atoms with E-state index in [1.165, 1.54) is 35.4 Å². The lowest BCUT2D eigenvalue weighted by molar-refractivity contribution is -0.111. The second-order valence-corrected chi connectivity index (χ2v) is 10.6. The molecule has 2 N–H and O–H groups in total. The van der Waals surface area contributed by atoms with Gasteiger partial charge in [-0.1, -0.05) is 12.6 Å². The maximum atomic E-state index is 12.3. The summed E-state index contributed by atoms with van der Waals surface area (Å²) in [5.74, 6) is 1.42. The smallest absolute Gasteiger partial charge is 0.247 e. The van der Waals surface area contributed by atoms with Crippen molar-refractivity contribution in [3.05, 3.63) is 67.0 Å². The number of carbonyl (C=O) groups is 1. The summed E-state index contributed by atoms with van der Waals surface area (Å²) in [4.78, 5) is 25.8. The van der Waals surface area contributed by atoms with Gasteiger partial charge in [-0.25, -0.2) is 9.97 Å². The van der Waals surface area contributed by atoms with Crippen LogP contribution in [0, 0.1) is 0 Å². The molecule has 40 heavy (non-hydrogen) atoms. The Hall–Kier alpha value is -4.37. The van der Waals surface area contributed by atoms with Crippen LogP contribution in [0.15, 0.2) is 61.4 Å². The molecule has 5 rings (SSSR count). The van der Waals surface area contributed by atoms with E-state index in [4.69, 9.17) is 9.72 Å². The Morgan fingerprint density at radius 1 is 1.15 bits per heavy atom. The van der Waals surface area contributed by atoms with Crippen LogP contribution in [0.2, 0.25) is 0 Å². The zero-order chi connectivity index (χ0) is 28.4. The molecule has 0 saturated heterocycles. The molecular weight excluding hydrogens is 502 g/mol. The van der Waals surface area contributed by atoms with Crippen molar-refractivity contribution in [1.29, 1.82) is 0 Å². The number of nitrogens with one attached hydrogen (secondary N) is 2. The van der Waals surface area contributed by atoms with Crippen molar-refractivity contribution < 1.29 is 9.53 Å². The molecule has 1 aliphatic carbocycles. The first kappa shape index (κ1) is 27.2. The van der Waals surface area contributed by atoms with Crippen molar-refractivity contribution >= 4 is 39.8 Å². The Balaban J connectivity index is 1.49. The number of likely N-dealkylation sites (N-methyl/N-ethyl adjacent to an activating group) is 2. The predicted molar refractivity (Wildman–Crippen MR) is 163 cm³/mol. The van der Waals surface area contributed by atoms with E-state index in [2.05, 4.69) is 68.0 Å². The molecule has 1 fully saturated rings. The lowest BCUT2D eigenvalue weighted by Gasteiger charge is -2.26. The molecule has 2 aromatic heterocycles. The summed E-state index contributed by atoms with van der Waals surface area (Å²) in [6, 6.07) is 12.4. The number of methoxy groups -OCH3 is 1. The monoisotopic (exact) mass is 539 g/mol. The van der Waals surface area contributed by atoms with Gasteiger partial charge in [0.15, 0.2) is 0 Å². The second-order valence-electron chi connectivity index (χ2n) is 10.6. The van der Waals surface area contributed by atoms with E-state index < -0.39 is 0 Å². The first-order valence-corrected chi connectivity index (χ1v) is 13.5. The third kappa shape index (κ3) is 5.79. The first-order chi connectivity index (χ1) is 19.3.